The van der Waals surface area contributed by atoms with Crippen LogP contribution in [-0.2, 0) is 19.1 Å². The molecule has 0 saturated heterocycles. The molecule has 0 unspecified atom stereocenters. The lowest BCUT2D eigenvalue weighted by Gasteiger charge is -2.17. The molecule has 104 valence electrons. The average Bonchev–Trinajstić information content (AvgIpc) is 2.24. The van der Waals surface area contributed by atoms with E-state index in [4.69, 9.17) is 0 Å². The fraction of sp³-hybridized carbons (Fsp3) is 0.444. The molecule has 0 N–H and O–H groups in total. The summed E-state index contributed by atoms with van der Waals surface area (Å²) in [4.78, 5) is 11.0. The van der Waals surface area contributed by atoms with E-state index >= 15 is 0 Å². The number of carbonyl (C=O) groups excluding carboxylic acids is 1. The van der Waals surface area contributed by atoms with Gasteiger partial charge in [-0.15, -0.1) is 0 Å². The molecule has 0 aromatic rings. The van der Waals surface area contributed by atoms with Gasteiger partial charge in [-0.05, 0) is 13.8 Å². The van der Waals surface area contributed by atoms with Crippen molar-refractivity contribution in [3.8, 4) is 0 Å². The Hall–Kier alpha value is -1.51. The van der Waals surface area contributed by atoms with Crippen molar-refractivity contribution in [2.24, 2.45) is 0 Å². The first-order valence-corrected chi connectivity index (χ1v) is 5.99. The number of nitrogens with zero attached hydrogens (tertiary/aromatic N) is 1. The summed E-state index contributed by atoms with van der Waals surface area (Å²) in [5, 5.41) is 0. The molecule has 0 aliphatic rings. The van der Waals surface area contributed by atoms with Gasteiger partial charge in [0.25, 0.3) is 0 Å². The van der Waals surface area contributed by atoms with Crippen molar-refractivity contribution in [2.75, 3.05) is 7.05 Å². The van der Waals surface area contributed by atoms with Gasteiger partial charge in [0.05, 0.1) is 0 Å². The normalized spacial score (nSPS) is 14.3. The summed E-state index contributed by atoms with van der Waals surface area (Å²) >= 11 is 0. The summed E-state index contributed by atoms with van der Waals surface area (Å²) in [6, 6.07) is 0. The predicted octanol–water partition coefficient (Wildman–Crippen LogP) is 1.75. The second-order valence-electron chi connectivity index (χ2n) is 3.21. The Labute approximate surface area is 103 Å². The SMILES string of the molecule is C/C=C(C)\C=C(\OS(=O)(=O)C(F)(F)F)N(C)C=O. The summed E-state index contributed by atoms with van der Waals surface area (Å²) in [6.07, 6.45) is 2.63. The van der Waals surface area contributed by atoms with E-state index in [0.717, 1.165) is 13.1 Å². The molecule has 0 fully saturated rings. The van der Waals surface area contributed by atoms with Gasteiger partial charge in [0, 0.05) is 13.1 Å². The van der Waals surface area contributed by atoms with Crippen LogP contribution >= 0.6 is 0 Å². The first kappa shape index (κ1) is 16.5. The van der Waals surface area contributed by atoms with E-state index in [1.807, 2.05) is 0 Å². The van der Waals surface area contributed by atoms with Crippen LogP contribution in [0.15, 0.2) is 23.6 Å². The predicted molar refractivity (Wildman–Crippen MR) is 57.4 cm³/mol. The van der Waals surface area contributed by atoms with Crippen molar-refractivity contribution < 1.29 is 30.6 Å². The van der Waals surface area contributed by atoms with Gasteiger partial charge in [0.2, 0.25) is 12.3 Å². The van der Waals surface area contributed by atoms with Gasteiger partial charge in [-0.1, -0.05) is 11.6 Å². The highest BCUT2D eigenvalue weighted by Crippen LogP contribution is 2.27. The number of amides is 1. The summed E-state index contributed by atoms with van der Waals surface area (Å²) in [6.45, 7) is 3.09. The molecule has 0 saturated carbocycles. The van der Waals surface area contributed by atoms with Crippen molar-refractivity contribution in [1.29, 1.82) is 0 Å². The quantitative estimate of drug-likeness (QED) is 0.254. The summed E-state index contributed by atoms with van der Waals surface area (Å²) < 4.78 is 61.9. The van der Waals surface area contributed by atoms with E-state index in [9.17, 15) is 26.4 Å². The first-order valence-electron chi connectivity index (χ1n) is 4.58. The monoisotopic (exact) mass is 287 g/mol. The fourth-order valence-electron chi connectivity index (χ4n) is 0.674. The molecule has 0 atom stereocenters. The van der Waals surface area contributed by atoms with Crippen LogP contribution in [-0.4, -0.2) is 32.3 Å². The number of allylic oxidation sites excluding steroid dienone is 3. The van der Waals surface area contributed by atoms with Gasteiger partial charge < -0.3 is 4.18 Å². The van der Waals surface area contributed by atoms with E-state index in [1.54, 1.807) is 6.92 Å². The topological polar surface area (TPSA) is 63.7 Å². The molecule has 0 heterocycles. The highest BCUT2D eigenvalue weighted by atomic mass is 32.2. The van der Waals surface area contributed by atoms with Crippen LogP contribution < -0.4 is 0 Å². The van der Waals surface area contributed by atoms with E-state index in [0.29, 0.717) is 10.5 Å². The number of halogens is 3. The standard InChI is InChI=1S/C9H12F3NO4S/c1-4-7(2)5-8(13(3)6-14)17-18(15,16)9(10,11)12/h4-6H,1-3H3/b7-4-,8-5+. The minimum atomic E-state index is -5.80. The van der Waals surface area contributed by atoms with E-state index in [1.165, 1.54) is 13.0 Å². The van der Waals surface area contributed by atoms with Gasteiger partial charge in [0.1, 0.15) is 0 Å². The van der Waals surface area contributed by atoms with Crippen LogP contribution in [0.25, 0.3) is 0 Å². The van der Waals surface area contributed by atoms with Crippen LogP contribution in [0.1, 0.15) is 13.8 Å². The maximum atomic E-state index is 12.1. The number of carbonyl (C=O) groups is 1. The lowest BCUT2D eigenvalue weighted by Crippen LogP contribution is -2.29. The van der Waals surface area contributed by atoms with E-state index < -0.39 is 21.5 Å². The van der Waals surface area contributed by atoms with Gasteiger partial charge in [-0.3, -0.25) is 9.69 Å². The summed E-state index contributed by atoms with van der Waals surface area (Å²) in [5.74, 6) is -0.738. The van der Waals surface area contributed by atoms with Gasteiger partial charge in [-0.2, -0.15) is 21.6 Å². The molecule has 0 radical (unpaired) electrons. The Balaban J connectivity index is 5.42. The molecular weight excluding hydrogens is 275 g/mol. The third-order valence-corrected chi connectivity index (χ3v) is 2.75. The molecule has 0 rings (SSSR count). The maximum Gasteiger partial charge on any atom is 0.534 e. The van der Waals surface area contributed by atoms with Crippen molar-refractivity contribution in [1.82, 2.24) is 4.90 Å². The zero-order chi connectivity index (χ0) is 14.6. The number of hydrogen-bond acceptors (Lipinski definition) is 4. The summed E-state index contributed by atoms with van der Waals surface area (Å²) in [5.41, 5.74) is -5.13. The van der Waals surface area contributed by atoms with E-state index in [2.05, 4.69) is 4.18 Å². The Morgan fingerprint density at radius 2 is 1.83 bits per heavy atom. The highest BCUT2D eigenvalue weighted by molar-refractivity contribution is 7.87. The zero-order valence-corrected chi connectivity index (χ0v) is 10.7. The lowest BCUT2D eigenvalue weighted by atomic mass is 10.3. The van der Waals surface area contributed by atoms with Crippen molar-refractivity contribution in [2.45, 2.75) is 19.4 Å². The van der Waals surface area contributed by atoms with Gasteiger partial charge in [0.15, 0.2) is 0 Å². The third-order valence-electron chi connectivity index (χ3n) is 1.79. The highest BCUT2D eigenvalue weighted by Gasteiger charge is 2.49. The maximum absolute atomic E-state index is 12.1. The molecule has 0 aromatic carbocycles. The number of alkyl halides is 3. The molecule has 0 aromatic heterocycles. The second-order valence-corrected chi connectivity index (χ2v) is 4.75. The summed E-state index contributed by atoms with van der Waals surface area (Å²) in [7, 11) is -4.74. The molecule has 9 heteroatoms. The van der Waals surface area contributed by atoms with Gasteiger partial charge in [-0.25, -0.2) is 0 Å². The van der Waals surface area contributed by atoms with E-state index in [-0.39, 0.29) is 6.41 Å². The van der Waals surface area contributed by atoms with Gasteiger partial charge >= 0.3 is 15.6 Å². The minimum absolute atomic E-state index is 0.126. The molecule has 1 amide bonds. The zero-order valence-electron chi connectivity index (χ0n) is 9.85. The molecule has 18 heavy (non-hydrogen) atoms. The number of rotatable bonds is 5. The van der Waals surface area contributed by atoms with Crippen molar-refractivity contribution >= 4 is 16.5 Å². The number of hydrogen-bond donors (Lipinski definition) is 0. The third kappa shape index (κ3) is 4.40. The Morgan fingerprint density at radius 3 is 2.17 bits per heavy atom. The smallest absolute Gasteiger partial charge is 0.357 e. The Morgan fingerprint density at radius 1 is 1.33 bits per heavy atom. The average molecular weight is 287 g/mol. The van der Waals surface area contributed by atoms with Crippen molar-refractivity contribution in [3.05, 3.63) is 23.6 Å². The minimum Gasteiger partial charge on any atom is -0.357 e. The molecule has 0 bridgehead atoms. The molecular formula is C9H12F3NO4S. The largest absolute Gasteiger partial charge is 0.534 e. The molecule has 5 nitrogen and oxygen atoms in total. The van der Waals surface area contributed by atoms with Crippen LogP contribution in [0.2, 0.25) is 0 Å². The van der Waals surface area contributed by atoms with Crippen molar-refractivity contribution in [3.63, 3.8) is 0 Å². The molecule has 0 aliphatic carbocycles. The lowest BCUT2D eigenvalue weighted by molar-refractivity contribution is -0.117. The molecule has 0 spiro atoms. The Kier molecular flexibility index (Phi) is 5.40. The second kappa shape index (κ2) is 5.89. The van der Waals surface area contributed by atoms with Crippen LogP contribution in [0.5, 0.6) is 0 Å². The first-order chi connectivity index (χ1) is 8.05. The fourth-order valence-corrected chi connectivity index (χ4v) is 1.16. The van der Waals surface area contributed by atoms with Crippen LogP contribution in [0.4, 0.5) is 13.2 Å². The van der Waals surface area contributed by atoms with Crippen LogP contribution in [0.3, 0.4) is 0 Å². The van der Waals surface area contributed by atoms with Crippen LogP contribution in [0, 0.1) is 0 Å². The molecule has 0 aliphatic heterocycles. The Bertz CT molecular complexity index is 465.